The van der Waals surface area contributed by atoms with Gasteiger partial charge in [0, 0.05) is 71.6 Å². The number of aromatic nitrogens is 3. The third-order valence-electron chi connectivity index (χ3n) is 19.2. The van der Waals surface area contributed by atoms with E-state index in [0.29, 0.717) is 0 Å². The van der Waals surface area contributed by atoms with Crippen LogP contribution in [0.2, 0.25) is 0 Å². The molecule has 3 aromatic heterocycles. The second-order valence-corrected chi connectivity index (χ2v) is 24.4. The van der Waals surface area contributed by atoms with Crippen LogP contribution in [0.1, 0.15) is 25.0 Å². The summed E-state index contributed by atoms with van der Waals surface area (Å²) in [5, 5.41) is 9.86. The molecule has 0 unspecified atom stereocenters. The Hall–Kier alpha value is -11.5. The predicted molar refractivity (Wildman–Crippen MR) is 376 cm³/mol. The fourth-order valence-electron chi connectivity index (χ4n) is 15.0. The summed E-state index contributed by atoms with van der Waals surface area (Å²) in [5.41, 5.74) is 26.0. The minimum atomic E-state index is -0.301. The van der Waals surface area contributed by atoms with Crippen molar-refractivity contribution in [2.45, 2.75) is 19.3 Å². The van der Waals surface area contributed by atoms with Crippen molar-refractivity contribution < 1.29 is 0 Å². The Kier molecular flexibility index (Phi) is 11.3. The molecule has 0 fully saturated rings. The Bertz CT molecular complexity index is 5690. The van der Waals surface area contributed by atoms with E-state index in [4.69, 9.17) is 0 Å². The van der Waals surface area contributed by atoms with Crippen LogP contribution in [0.3, 0.4) is 0 Å². The van der Waals surface area contributed by atoms with E-state index in [1.807, 2.05) is 0 Å². The fourth-order valence-corrected chi connectivity index (χ4v) is 15.0. The molecule has 0 saturated heterocycles. The fraction of sp³-hybridized carbons (Fsp3) is 0.0353. The molecule has 0 atom stereocenters. The topological polar surface area (TPSA) is 18.0 Å². The highest BCUT2D eigenvalue weighted by Crippen LogP contribution is 2.53. The smallest absolute Gasteiger partial charge is 0.0547 e. The molecule has 0 radical (unpaired) electrons. The van der Waals surface area contributed by atoms with E-state index in [9.17, 15) is 0 Å². The van der Waals surface area contributed by atoms with E-state index in [0.717, 1.165) is 39.7 Å². The van der Waals surface area contributed by atoms with Gasteiger partial charge in [0.2, 0.25) is 0 Å². The van der Waals surface area contributed by atoms with Crippen LogP contribution in [-0.4, -0.2) is 13.7 Å². The normalized spacial score (nSPS) is 12.7. The summed E-state index contributed by atoms with van der Waals surface area (Å²) < 4.78 is 7.21. The van der Waals surface area contributed by atoms with Gasteiger partial charge in [-0.2, -0.15) is 0 Å². The maximum atomic E-state index is 2.49. The highest BCUT2D eigenvalue weighted by Gasteiger charge is 2.37. The van der Waals surface area contributed by atoms with Crippen molar-refractivity contribution in [3.05, 3.63) is 327 Å². The van der Waals surface area contributed by atoms with Crippen molar-refractivity contribution >= 4 is 93.3 Å². The molecule has 4 nitrogen and oxygen atoms in total. The quantitative estimate of drug-likeness (QED) is 0.141. The summed E-state index contributed by atoms with van der Waals surface area (Å²) in [6.07, 6.45) is 0. The van der Waals surface area contributed by atoms with Gasteiger partial charge < -0.3 is 18.6 Å². The molecule has 0 aliphatic heterocycles. The standard InChI is InChI=1S/C85H58N4/c1-85(2)76-51-56(58-38-45-74-71-29-15-18-32-79(71)89(84(74)53-58)62-24-10-5-11-25-62)36-43-67(76)68-46-42-64(54-77(68)85)86(63-40-34-55(35-41-63)57-37-44-73-70-28-14-17-31-78(70)88(83(73)52-57)61-22-8-4-9-23-61)81-49-47-65(66-26-12-13-27-69(66)81)59-39-48-82-75(50-59)72-30-16-19-33-80(72)87(82)60-20-6-3-7-21-60/h3-54H,1-2H3. The van der Waals surface area contributed by atoms with Crippen molar-refractivity contribution in [1.82, 2.24) is 13.7 Å². The lowest BCUT2D eigenvalue weighted by atomic mass is 9.81. The van der Waals surface area contributed by atoms with Crippen LogP contribution in [0.5, 0.6) is 0 Å². The minimum absolute atomic E-state index is 0.301. The number of nitrogens with zero attached hydrogens (tertiary/aromatic N) is 4. The first-order chi connectivity index (χ1) is 43.9. The number of hydrogen-bond acceptors (Lipinski definition) is 1. The lowest BCUT2D eigenvalue weighted by Crippen LogP contribution is -2.17. The highest BCUT2D eigenvalue weighted by atomic mass is 15.1. The molecule has 0 bridgehead atoms. The largest absolute Gasteiger partial charge is 0.310 e. The van der Waals surface area contributed by atoms with Gasteiger partial charge in [-0.05, 0) is 176 Å². The monoisotopic (exact) mass is 1130 g/mol. The summed E-state index contributed by atoms with van der Waals surface area (Å²) >= 11 is 0. The molecule has 18 rings (SSSR count). The summed E-state index contributed by atoms with van der Waals surface area (Å²) in [7, 11) is 0. The zero-order valence-corrected chi connectivity index (χ0v) is 49.3. The average Bonchev–Trinajstić information content (AvgIpc) is 2.32. The summed E-state index contributed by atoms with van der Waals surface area (Å²) in [6, 6.07) is 117. The van der Waals surface area contributed by atoms with Crippen molar-refractivity contribution in [1.29, 1.82) is 0 Å². The van der Waals surface area contributed by atoms with Gasteiger partial charge >= 0.3 is 0 Å². The lowest BCUT2D eigenvalue weighted by molar-refractivity contribution is 0.660. The van der Waals surface area contributed by atoms with Gasteiger partial charge in [0.1, 0.15) is 0 Å². The van der Waals surface area contributed by atoms with Crippen LogP contribution >= 0.6 is 0 Å². The van der Waals surface area contributed by atoms with Gasteiger partial charge in [0.25, 0.3) is 0 Å². The lowest BCUT2D eigenvalue weighted by Gasteiger charge is -2.29. The molecular formula is C85H58N4. The first kappa shape index (κ1) is 50.8. The van der Waals surface area contributed by atoms with Gasteiger partial charge in [-0.25, -0.2) is 0 Å². The molecule has 14 aromatic carbocycles. The van der Waals surface area contributed by atoms with Crippen LogP contribution in [0.15, 0.2) is 315 Å². The molecule has 0 N–H and O–H groups in total. The summed E-state index contributed by atoms with van der Waals surface area (Å²) in [6.45, 7) is 4.82. The van der Waals surface area contributed by atoms with Crippen LogP contribution in [0.4, 0.5) is 17.1 Å². The molecular weight excluding hydrogens is 1080 g/mol. The Morgan fingerprint density at radius 3 is 1.19 bits per heavy atom. The maximum absolute atomic E-state index is 2.49. The van der Waals surface area contributed by atoms with Crippen LogP contribution in [0.25, 0.3) is 138 Å². The number of benzene rings is 14. The van der Waals surface area contributed by atoms with E-state index >= 15 is 0 Å². The summed E-state index contributed by atoms with van der Waals surface area (Å²) in [4.78, 5) is 2.49. The number of para-hydroxylation sites is 6. The van der Waals surface area contributed by atoms with E-state index < -0.39 is 0 Å². The van der Waals surface area contributed by atoms with Gasteiger partial charge in [0.05, 0.1) is 38.8 Å². The van der Waals surface area contributed by atoms with E-state index in [2.05, 4.69) is 348 Å². The third-order valence-corrected chi connectivity index (χ3v) is 19.2. The zero-order chi connectivity index (χ0) is 58.9. The van der Waals surface area contributed by atoms with E-state index in [1.165, 1.54) is 126 Å². The van der Waals surface area contributed by atoms with Gasteiger partial charge in [-0.15, -0.1) is 0 Å². The molecule has 1 aliphatic rings. The molecule has 4 heteroatoms. The van der Waals surface area contributed by atoms with Crippen LogP contribution in [-0.2, 0) is 5.41 Å². The molecule has 0 amide bonds. The van der Waals surface area contributed by atoms with Crippen molar-refractivity contribution in [2.75, 3.05) is 4.90 Å². The number of anilines is 3. The molecule has 3 heterocycles. The zero-order valence-electron chi connectivity index (χ0n) is 49.3. The van der Waals surface area contributed by atoms with E-state index in [-0.39, 0.29) is 5.41 Å². The minimum Gasteiger partial charge on any atom is -0.310 e. The van der Waals surface area contributed by atoms with Crippen LogP contribution in [0, 0.1) is 0 Å². The predicted octanol–water partition coefficient (Wildman–Crippen LogP) is 22.9. The average molecular weight is 1140 g/mol. The molecule has 418 valence electrons. The Balaban J connectivity index is 0.772. The Morgan fingerprint density at radius 2 is 0.618 bits per heavy atom. The molecule has 0 spiro atoms. The van der Waals surface area contributed by atoms with Gasteiger partial charge in [0.15, 0.2) is 0 Å². The second-order valence-electron chi connectivity index (χ2n) is 24.4. The third kappa shape index (κ3) is 7.86. The molecule has 89 heavy (non-hydrogen) atoms. The highest BCUT2D eigenvalue weighted by molar-refractivity contribution is 6.14. The number of rotatable bonds is 9. The van der Waals surface area contributed by atoms with Crippen molar-refractivity contribution in [2.24, 2.45) is 0 Å². The van der Waals surface area contributed by atoms with Gasteiger partial charge in [-0.3, -0.25) is 0 Å². The Morgan fingerprint density at radius 1 is 0.236 bits per heavy atom. The second kappa shape index (κ2) is 19.8. The molecule has 0 saturated carbocycles. The SMILES string of the molecule is CC1(C)c2cc(-c3ccc4c5ccccc5n(-c5ccccc5)c4c3)ccc2-c2ccc(N(c3ccc(-c4ccc5c6ccccc6n(-c6ccccc6)c5c4)cc3)c3ccc(-c4ccc5c(c4)c4ccccc4n5-c4ccccc4)c4ccccc34)cc21. The van der Waals surface area contributed by atoms with E-state index in [1.54, 1.807) is 0 Å². The maximum Gasteiger partial charge on any atom is 0.0547 e. The number of fused-ring (bicyclic) bond motifs is 13. The number of hydrogen-bond donors (Lipinski definition) is 0. The first-order valence-electron chi connectivity index (χ1n) is 30.9. The van der Waals surface area contributed by atoms with Crippen LogP contribution < -0.4 is 4.90 Å². The van der Waals surface area contributed by atoms with Crippen molar-refractivity contribution in [3.8, 4) is 61.6 Å². The Labute approximate surface area is 516 Å². The molecule has 1 aliphatic carbocycles. The van der Waals surface area contributed by atoms with Gasteiger partial charge in [-0.1, -0.05) is 214 Å². The molecule has 17 aromatic rings. The van der Waals surface area contributed by atoms with Crippen molar-refractivity contribution in [3.63, 3.8) is 0 Å². The first-order valence-corrected chi connectivity index (χ1v) is 30.9. The summed E-state index contributed by atoms with van der Waals surface area (Å²) in [5.74, 6) is 0.